The Morgan fingerprint density at radius 1 is 0.833 bits per heavy atom. The largest absolute Gasteiger partial charge is 0.395 e. The minimum Gasteiger partial charge on any atom is -0.395 e. The molecule has 0 bridgehead atoms. The van der Waals surface area contributed by atoms with Crippen molar-refractivity contribution in [3.05, 3.63) is 71.3 Å². The Morgan fingerprint density at radius 2 is 1.50 bits per heavy atom. The smallest absolute Gasteiger partial charge is 0.0540 e. The number of hydrogen-bond donors (Lipinski definition) is 1. The van der Waals surface area contributed by atoms with Gasteiger partial charge in [-0.05, 0) is 29.7 Å². The molecule has 1 heteroatoms. The fourth-order valence-corrected chi connectivity index (χ4v) is 1.76. The first kappa shape index (κ1) is 12.4. The number of rotatable bonds is 3. The fraction of sp³-hybridized carbons (Fsp3) is 0.176. The third-order valence-electron chi connectivity index (χ3n) is 2.67. The molecule has 90 valence electrons. The summed E-state index contributed by atoms with van der Waals surface area (Å²) in [5, 5.41) is 8.65. The zero-order valence-corrected chi connectivity index (χ0v) is 10.3. The Hall–Kier alpha value is -2.04. The Bertz CT molecular complexity index is 529. The molecule has 0 aliphatic rings. The van der Waals surface area contributed by atoms with Crippen molar-refractivity contribution in [1.29, 1.82) is 0 Å². The predicted octanol–water partition coefficient (Wildman–Crippen LogP) is 3.01. The molecule has 0 amide bonds. The van der Waals surface area contributed by atoms with Crippen LogP contribution in [0.3, 0.4) is 0 Å². The van der Waals surface area contributed by atoms with Gasteiger partial charge in [-0.2, -0.15) is 0 Å². The van der Waals surface area contributed by atoms with Crippen molar-refractivity contribution in [1.82, 2.24) is 0 Å². The molecule has 0 atom stereocenters. The van der Waals surface area contributed by atoms with Crippen molar-refractivity contribution in [3.63, 3.8) is 0 Å². The molecule has 1 N–H and O–H groups in total. The number of hydrogen-bond acceptors (Lipinski definition) is 1. The van der Waals surface area contributed by atoms with Crippen molar-refractivity contribution in [2.24, 2.45) is 0 Å². The van der Waals surface area contributed by atoms with E-state index >= 15 is 0 Å². The normalized spacial score (nSPS) is 9.61. The van der Waals surface area contributed by atoms with Crippen LogP contribution in [0.15, 0.2) is 54.6 Å². The second-order valence-corrected chi connectivity index (χ2v) is 4.13. The summed E-state index contributed by atoms with van der Waals surface area (Å²) in [4.78, 5) is 0. The van der Waals surface area contributed by atoms with Gasteiger partial charge in [0.15, 0.2) is 0 Å². The summed E-state index contributed by atoms with van der Waals surface area (Å²) in [5.41, 5.74) is 3.60. The van der Waals surface area contributed by atoms with Gasteiger partial charge in [0.05, 0.1) is 6.61 Å². The van der Waals surface area contributed by atoms with Gasteiger partial charge in [0, 0.05) is 12.0 Å². The molecule has 0 heterocycles. The molecule has 0 saturated heterocycles. The first-order valence-electron chi connectivity index (χ1n) is 6.11. The van der Waals surface area contributed by atoms with E-state index in [4.69, 9.17) is 5.11 Å². The summed E-state index contributed by atoms with van der Waals surface area (Å²) in [6.07, 6.45) is 1.48. The monoisotopic (exact) mass is 236 g/mol. The summed E-state index contributed by atoms with van der Waals surface area (Å²) in [5.74, 6) is 5.95. The van der Waals surface area contributed by atoms with Gasteiger partial charge in [-0.15, -0.1) is 0 Å². The lowest BCUT2D eigenvalue weighted by Crippen LogP contribution is -1.87. The molecule has 0 saturated carbocycles. The van der Waals surface area contributed by atoms with Crippen LogP contribution in [0.5, 0.6) is 0 Å². The maximum absolute atomic E-state index is 8.65. The maximum Gasteiger partial charge on any atom is 0.0540 e. The molecule has 2 aromatic carbocycles. The molecule has 0 fully saturated rings. The highest BCUT2D eigenvalue weighted by atomic mass is 16.2. The molecule has 1 nitrogen and oxygen atoms in total. The van der Waals surface area contributed by atoms with Crippen LogP contribution < -0.4 is 0 Å². The molecule has 0 spiro atoms. The third kappa shape index (κ3) is 3.76. The Morgan fingerprint density at radius 3 is 2.17 bits per heavy atom. The highest BCUT2D eigenvalue weighted by molar-refractivity contribution is 5.37. The lowest BCUT2D eigenvalue weighted by molar-refractivity contribution is 0.305. The van der Waals surface area contributed by atoms with Gasteiger partial charge >= 0.3 is 0 Å². The summed E-state index contributed by atoms with van der Waals surface area (Å²) >= 11 is 0. The van der Waals surface area contributed by atoms with E-state index in [9.17, 15) is 0 Å². The van der Waals surface area contributed by atoms with Crippen molar-refractivity contribution in [2.75, 3.05) is 6.61 Å². The van der Waals surface area contributed by atoms with Crippen LogP contribution in [-0.4, -0.2) is 11.7 Å². The van der Waals surface area contributed by atoms with Crippen LogP contribution in [0, 0.1) is 11.8 Å². The van der Waals surface area contributed by atoms with Crippen LogP contribution >= 0.6 is 0 Å². The van der Waals surface area contributed by atoms with Crippen LogP contribution in [0.4, 0.5) is 0 Å². The van der Waals surface area contributed by atoms with Gasteiger partial charge in [-0.3, -0.25) is 0 Å². The SMILES string of the molecule is OCCC#Cc1ccc(Cc2ccccc2)cc1. The van der Waals surface area contributed by atoms with Crippen molar-refractivity contribution in [3.8, 4) is 11.8 Å². The molecule has 18 heavy (non-hydrogen) atoms. The van der Waals surface area contributed by atoms with E-state index < -0.39 is 0 Å². The fourth-order valence-electron chi connectivity index (χ4n) is 1.76. The Kier molecular flexibility index (Phi) is 4.58. The molecular formula is C17H16O. The molecule has 0 aromatic heterocycles. The number of aliphatic hydroxyl groups is 1. The first-order chi connectivity index (χ1) is 8.88. The van der Waals surface area contributed by atoms with Gasteiger partial charge in [-0.1, -0.05) is 54.3 Å². The van der Waals surface area contributed by atoms with E-state index in [0.717, 1.165) is 12.0 Å². The molecule has 0 aliphatic carbocycles. The van der Waals surface area contributed by atoms with E-state index in [2.05, 4.69) is 48.2 Å². The zero-order valence-electron chi connectivity index (χ0n) is 10.3. The standard InChI is InChI=1S/C17H16O/c18-13-5-4-6-15-9-11-17(12-10-15)14-16-7-2-1-3-8-16/h1-3,7-12,18H,5,13-14H2. The summed E-state index contributed by atoms with van der Waals surface area (Å²) in [6.45, 7) is 0.124. The van der Waals surface area contributed by atoms with Gasteiger partial charge in [-0.25, -0.2) is 0 Å². The molecule has 0 unspecified atom stereocenters. The van der Waals surface area contributed by atoms with Crippen LogP contribution in [0.1, 0.15) is 23.1 Å². The van der Waals surface area contributed by atoms with E-state index in [-0.39, 0.29) is 6.61 Å². The van der Waals surface area contributed by atoms with Crippen LogP contribution in [0.2, 0.25) is 0 Å². The predicted molar refractivity (Wildman–Crippen MR) is 74.3 cm³/mol. The highest BCUT2D eigenvalue weighted by Gasteiger charge is 1.95. The first-order valence-corrected chi connectivity index (χ1v) is 6.11. The second kappa shape index (κ2) is 6.64. The molecule has 2 rings (SSSR count). The number of aliphatic hydroxyl groups excluding tert-OH is 1. The molecule has 2 aromatic rings. The van der Waals surface area contributed by atoms with E-state index in [0.29, 0.717) is 6.42 Å². The minimum absolute atomic E-state index is 0.124. The lowest BCUT2D eigenvalue weighted by Gasteiger charge is -2.01. The Labute approximate surface area is 108 Å². The van der Waals surface area contributed by atoms with E-state index in [1.165, 1.54) is 11.1 Å². The van der Waals surface area contributed by atoms with Crippen LogP contribution in [0.25, 0.3) is 0 Å². The van der Waals surface area contributed by atoms with E-state index in [1.54, 1.807) is 0 Å². The average Bonchev–Trinajstić information content (AvgIpc) is 2.42. The molecule has 0 radical (unpaired) electrons. The van der Waals surface area contributed by atoms with Crippen molar-refractivity contribution < 1.29 is 5.11 Å². The van der Waals surface area contributed by atoms with Crippen LogP contribution in [-0.2, 0) is 6.42 Å². The maximum atomic E-state index is 8.65. The lowest BCUT2D eigenvalue weighted by atomic mass is 10.0. The molecular weight excluding hydrogens is 220 g/mol. The van der Waals surface area contributed by atoms with Gasteiger partial charge in [0.2, 0.25) is 0 Å². The minimum atomic E-state index is 0.124. The summed E-state index contributed by atoms with van der Waals surface area (Å²) in [6, 6.07) is 18.7. The summed E-state index contributed by atoms with van der Waals surface area (Å²) in [7, 11) is 0. The van der Waals surface area contributed by atoms with Crippen molar-refractivity contribution in [2.45, 2.75) is 12.8 Å². The topological polar surface area (TPSA) is 20.2 Å². The Balaban J connectivity index is 2.02. The quantitative estimate of drug-likeness (QED) is 0.812. The van der Waals surface area contributed by atoms with E-state index in [1.807, 2.05) is 18.2 Å². The van der Waals surface area contributed by atoms with Gasteiger partial charge in [0.1, 0.15) is 0 Å². The molecule has 0 aliphatic heterocycles. The van der Waals surface area contributed by atoms with Gasteiger partial charge < -0.3 is 5.11 Å². The number of benzene rings is 2. The van der Waals surface area contributed by atoms with Gasteiger partial charge in [0.25, 0.3) is 0 Å². The second-order valence-electron chi connectivity index (χ2n) is 4.13. The zero-order chi connectivity index (χ0) is 12.6. The van der Waals surface area contributed by atoms with Crippen molar-refractivity contribution >= 4 is 0 Å². The average molecular weight is 236 g/mol. The third-order valence-corrected chi connectivity index (χ3v) is 2.67. The highest BCUT2D eigenvalue weighted by Crippen LogP contribution is 2.10. The summed E-state index contributed by atoms with van der Waals surface area (Å²) < 4.78 is 0.